The van der Waals surface area contributed by atoms with Crippen LogP contribution in [0.25, 0.3) is 0 Å². The van der Waals surface area contributed by atoms with Gasteiger partial charge in [-0.2, -0.15) is 11.8 Å². The number of hydrogen-bond donors (Lipinski definition) is 1. The van der Waals surface area contributed by atoms with Crippen molar-refractivity contribution in [3.05, 3.63) is 0 Å². The Morgan fingerprint density at radius 2 is 1.91 bits per heavy atom. The first-order valence-corrected chi connectivity index (χ1v) is 10.4. The molecular weight excluding hydrogens is 294 g/mol. The summed E-state index contributed by atoms with van der Waals surface area (Å²) in [6, 6.07) is -0.308. The number of thioether (sulfide) groups is 1. The number of nitrogens with two attached hydrogens (primary N) is 1. The van der Waals surface area contributed by atoms with Gasteiger partial charge in [-0.05, 0) is 50.2 Å². The molecule has 2 rings (SSSR count). The zero-order valence-electron chi connectivity index (χ0n) is 14.1. The topological polar surface area (TPSA) is 49.6 Å². The molecule has 1 amide bonds. The van der Waals surface area contributed by atoms with Crippen molar-refractivity contribution in [2.24, 2.45) is 11.7 Å². The number of carbonyl (C=O) groups is 1. The predicted molar refractivity (Wildman–Crippen MR) is 95.2 cm³/mol. The molecule has 1 aliphatic heterocycles. The maximum Gasteiger partial charge on any atom is 0.239 e. The Morgan fingerprint density at radius 1 is 1.14 bits per heavy atom. The standard InChI is InChI=1S/C17H33N3OS/c1-22-13-8-16(18)17(21)20-10-5-9-19(11-12-20)14-15-6-3-2-4-7-15/h15-16H,2-14,18H2,1H3/t16-/m0/s1. The van der Waals surface area contributed by atoms with Gasteiger partial charge in [0, 0.05) is 26.2 Å². The highest BCUT2D eigenvalue weighted by Gasteiger charge is 2.24. The van der Waals surface area contributed by atoms with Crippen LogP contribution in [-0.2, 0) is 4.79 Å². The highest BCUT2D eigenvalue weighted by Crippen LogP contribution is 2.24. The molecule has 0 aromatic heterocycles. The molecule has 22 heavy (non-hydrogen) atoms. The Hall–Kier alpha value is -0.260. The van der Waals surface area contributed by atoms with E-state index in [4.69, 9.17) is 5.73 Å². The van der Waals surface area contributed by atoms with E-state index in [1.165, 1.54) is 38.6 Å². The normalized spacial score (nSPS) is 23.3. The molecule has 0 radical (unpaired) electrons. The lowest BCUT2D eigenvalue weighted by atomic mass is 9.89. The SMILES string of the molecule is CSCC[C@H](N)C(=O)N1CCCN(CC2CCCCC2)CC1. The highest BCUT2D eigenvalue weighted by atomic mass is 32.2. The minimum atomic E-state index is -0.308. The van der Waals surface area contributed by atoms with E-state index in [1.807, 2.05) is 4.90 Å². The molecule has 0 aromatic rings. The monoisotopic (exact) mass is 327 g/mol. The molecule has 5 heteroatoms. The molecule has 0 aromatic carbocycles. The van der Waals surface area contributed by atoms with E-state index in [2.05, 4.69) is 11.2 Å². The predicted octanol–water partition coefficient (Wildman–Crippen LogP) is 2.18. The Bertz CT molecular complexity index is 334. The van der Waals surface area contributed by atoms with Gasteiger partial charge in [0.15, 0.2) is 0 Å². The third kappa shape index (κ3) is 5.74. The van der Waals surface area contributed by atoms with E-state index in [1.54, 1.807) is 11.8 Å². The summed E-state index contributed by atoms with van der Waals surface area (Å²) in [5.41, 5.74) is 6.05. The van der Waals surface area contributed by atoms with Crippen molar-refractivity contribution in [2.45, 2.75) is 51.0 Å². The van der Waals surface area contributed by atoms with Crippen LogP contribution < -0.4 is 5.73 Å². The van der Waals surface area contributed by atoms with Gasteiger partial charge in [-0.25, -0.2) is 0 Å². The van der Waals surface area contributed by atoms with E-state index >= 15 is 0 Å². The first-order chi connectivity index (χ1) is 10.7. The van der Waals surface area contributed by atoms with E-state index in [0.717, 1.165) is 50.7 Å². The van der Waals surface area contributed by atoms with E-state index < -0.39 is 0 Å². The zero-order valence-corrected chi connectivity index (χ0v) is 15.0. The zero-order chi connectivity index (χ0) is 15.8. The molecular formula is C17H33N3OS. The van der Waals surface area contributed by atoms with Gasteiger partial charge in [-0.15, -0.1) is 0 Å². The fourth-order valence-electron chi connectivity index (χ4n) is 3.71. The molecule has 1 heterocycles. The Balaban J connectivity index is 1.75. The second-order valence-electron chi connectivity index (χ2n) is 6.87. The van der Waals surface area contributed by atoms with Gasteiger partial charge >= 0.3 is 0 Å². The highest BCUT2D eigenvalue weighted by molar-refractivity contribution is 7.98. The van der Waals surface area contributed by atoms with E-state index in [9.17, 15) is 4.79 Å². The van der Waals surface area contributed by atoms with Crippen molar-refractivity contribution in [1.29, 1.82) is 0 Å². The van der Waals surface area contributed by atoms with Gasteiger partial charge in [-0.1, -0.05) is 19.3 Å². The number of hydrogen-bond acceptors (Lipinski definition) is 4. The fraction of sp³-hybridized carbons (Fsp3) is 0.941. The van der Waals surface area contributed by atoms with Crippen LogP contribution in [-0.4, -0.2) is 66.5 Å². The number of amides is 1. The summed E-state index contributed by atoms with van der Waals surface area (Å²) in [7, 11) is 0. The van der Waals surface area contributed by atoms with E-state index in [0.29, 0.717) is 0 Å². The molecule has 0 bridgehead atoms. The largest absolute Gasteiger partial charge is 0.340 e. The molecule has 1 atom stereocenters. The molecule has 4 nitrogen and oxygen atoms in total. The van der Waals surface area contributed by atoms with E-state index in [-0.39, 0.29) is 11.9 Å². The average Bonchev–Trinajstić information content (AvgIpc) is 2.78. The summed E-state index contributed by atoms with van der Waals surface area (Å²) in [4.78, 5) is 17.0. The lowest BCUT2D eigenvalue weighted by Gasteiger charge is -2.29. The van der Waals surface area contributed by atoms with Crippen molar-refractivity contribution in [3.63, 3.8) is 0 Å². The first-order valence-electron chi connectivity index (χ1n) is 8.96. The van der Waals surface area contributed by atoms with Crippen LogP contribution in [0, 0.1) is 5.92 Å². The van der Waals surface area contributed by atoms with Crippen LogP contribution in [0.5, 0.6) is 0 Å². The molecule has 1 saturated heterocycles. The van der Waals surface area contributed by atoms with Gasteiger partial charge in [0.25, 0.3) is 0 Å². The summed E-state index contributed by atoms with van der Waals surface area (Å²) in [6.45, 7) is 5.14. The molecule has 2 aliphatic rings. The molecule has 0 spiro atoms. The smallest absolute Gasteiger partial charge is 0.239 e. The van der Waals surface area contributed by atoms with Gasteiger partial charge in [0.05, 0.1) is 6.04 Å². The van der Waals surface area contributed by atoms with Gasteiger partial charge in [0.2, 0.25) is 5.91 Å². The summed E-state index contributed by atoms with van der Waals surface area (Å²) in [5, 5.41) is 0. The Morgan fingerprint density at radius 3 is 2.64 bits per heavy atom. The van der Waals surface area contributed by atoms with Crippen molar-refractivity contribution in [3.8, 4) is 0 Å². The van der Waals surface area contributed by atoms with Gasteiger partial charge in [-0.3, -0.25) is 4.79 Å². The fourth-order valence-corrected chi connectivity index (χ4v) is 4.20. The molecule has 1 aliphatic carbocycles. The van der Waals surface area contributed by atoms with Crippen LogP contribution in [0.15, 0.2) is 0 Å². The summed E-state index contributed by atoms with van der Waals surface area (Å²) < 4.78 is 0. The Labute approximate surface area is 140 Å². The lowest BCUT2D eigenvalue weighted by molar-refractivity contribution is -0.132. The number of nitrogens with zero attached hydrogens (tertiary/aromatic N) is 2. The molecule has 128 valence electrons. The van der Waals surface area contributed by atoms with Gasteiger partial charge < -0.3 is 15.5 Å². The first kappa shape index (κ1) is 18.1. The summed E-state index contributed by atoms with van der Waals surface area (Å²) >= 11 is 1.76. The van der Waals surface area contributed by atoms with Crippen LogP contribution in [0.3, 0.4) is 0 Å². The average molecular weight is 328 g/mol. The van der Waals surface area contributed by atoms with Gasteiger partial charge in [0.1, 0.15) is 0 Å². The third-order valence-electron chi connectivity index (χ3n) is 5.09. The lowest BCUT2D eigenvalue weighted by Crippen LogP contribution is -2.45. The minimum Gasteiger partial charge on any atom is -0.340 e. The second kappa shape index (κ2) is 9.78. The summed E-state index contributed by atoms with van der Waals surface area (Å²) in [6.07, 6.45) is 11.0. The van der Waals surface area contributed by atoms with Crippen molar-refractivity contribution < 1.29 is 4.79 Å². The Kier molecular flexibility index (Phi) is 8.04. The number of carbonyl (C=O) groups excluding carboxylic acids is 1. The molecule has 2 N–H and O–H groups in total. The van der Waals surface area contributed by atoms with Crippen LogP contribution in [0.2, 0.25) is 0 Å². The maximum absolute atomic E-state index is 12.4. The minimum absolute atomic E-state index is 0.161. The van der Waals surface area contributed by atoms with Crippen molar-refractivity contribution >= 4 is 17.7 Å². The number of rotatable bonds is 6. The molecule has 0 unspecified atom stereocenters. The van der Waals surface area contributed by atoms with Crippen molar-refractivity contribution in [1.82, 2.24) is 9.80 Å². The van der Waals surface area contributed by atoms with Crippen LogP contribution in [0.4, 0.5) is 0 Å². The maximum atomic E-state index is 12.4. The van der Waals surface area contributed by atoms with Crippen molar-refractivity contribution in [2.75, 3.05) is 44.7 Å². The molecule has 1 saturated carbocycles. The quantitative estimate of drug-likeness (QED) is 0.812. The summed E-state index contributed by atoms with van der Waals surface area (Å²) in [5.74, 6) is 2.02. The van der Waals surface area contributed by atoms with Crippen LogP contribution in [0.1, 0.15) is 44.9 Å². The second-order valence-corrected chi connectivity index (χ2v) is 7.86. The third-order valence-corrected chi connectivity index (χ3v) is 5.74. The van der Waals surface area contributed by atoms with Crippen LogP contribution >= 0.6 is 11.8 Å². The molecule has 2 fully saturated rings.